The maximum atomic E-state index is 14.2. The molecule has 0 atom stereocenters. The molecule has 0 unspecified atom stereocenters. The molecule has 0 heterocycles. The summed E-state index contributed by atoms with van der Waals surface area (Å²) in [6.45, 7) is 2.11. The lowest BCUT2D eigenvalue weighted by atomic mass is 9.93. The predicted octanol–water partition coefficient (Wildman–Crippen LogP) is 6.39. The van der Waals surface area contributed by atoms with E-state index in [-0.39, 0.29) is 5.56 Å². The molecule has 3 aromatic rings. The van der Waals surface area contributed by atoms with Gasteiger partial charge in [0.05, 0.1) is 0 Å². The highest BCUT2D eigenvalue weighted by Gasteiger charge is 2.17. The summed E-state index contributed by atoms with van der Waals surface area (Å²) < 4.78 is 41.1. The lowest BCUT2D eigenvalue weighted by Gasteiger charge is -2.12. The lowest BCUT2D eigenvalue weighted by molar-refractivity contribution is 0.449. The van der Waals surface area contributed by atoms with Crippen LogP contribution in [0.5, 0.6) is 0 Å². The van der Waals surface area contributed by atoms with Gasteiger partial charge in [0.2, 0.25) is 0 Å². The molecular formula is C21H17F3. The standard InChI is InChI=1S/C21H17F3/c1-2-6-14-7-5-8-15(13-14)16-9-3-4-10-17(16)18-11-12-19(22)21(24)20(18)23/h3-5,7-13H,2,6H2,1H3. The van der Waals surface area contributed by atoms with E-state index >= 15 is 0 Å². The van der Waals surface area contributed by atoms with Gasteiger partial charge in [-0.3, -0.25) is 0 Å². The van der Waals surface area contributed by atoms with Crippen molar-refractivity contribution < 1.29 is 13.2 Å². The maximum Gasteiger partial charge on any atom is 0.195 e. The maximum absolute atomic E-state index is 14.2. The first kappa shape index (κ1) is 16.3. The van der Waals surface area contributed by atoms with Crippen molar-refractivity contribution in [2.45, 2.75) is 19.8 Å². The summed E-state index contributed by atoms with van der Waals surface area (Å²) in [5.74, 6) is -3.78. The van der Waals surface area contributed by atoms with Gasteiger partial charge in [-0.25, -0.2) is 13.2 Å². The zero-order chi connectivity index (χ0) is 17.1. The van der Waals surface area contributed by atoms with Crippen LogP contribution in [0.15, 0.2) is 60.7 Å². The second kappa shape index (κ2) is 6.91. The highest BCUT2D eigenvalue weighted by Crippen LogP contribution is 2.35. The number of hydrogen-bond donors (Lipinski definition) is 0. The molecule has 0 aliphatic carbocycles. The second-order valence-corrected chi connectivity index (χ2v) is 5.72. The van der Waals surface area contributed by atoms with Crippen LogP contribution < -0.4 is 0 Å². The molecule has 0 spiro atoms. The zero-order valence-corrected chi connectivity index (χ0v) is 13.3. The highest BCUT2D eigenvalue weighted by atomic mass is 19.2. The van der Waals surface area contributed by atoms with Crippen molar-refractivity contribution in [2.75, 3.05) is 0 Å². The van der Waals surface area contributed by atoms with Crippen LogP contribution in [0.4, 0.5) is 13.2 Å². The van der Waals surface area contributed by atoms with Gasteiger partial charge in [-0.15, -0.1) is 0 Å². The minimum atomic E-state index is -1.44. The van der Waals surface area contributed by atoms with Gasteiger partial charge in [-0.1, -0.05) is 61.9 Å². The highest BCUT2D eigenvalue weighted by molar-refractivity contribution is 5.83. The van der Waals surface area contributed by atoms with Crippen LogP contribution in [0.2, 0.25) is 0 Å². The molecule has 0 saturated heterocycles. The number of halogens is 3. The Morgan fingerprint density at radius 2 is 1.46 bits per heavy atom. The van der Waals surface area contributed by atoms with Crippen LogP contribution in [-0.4, -0.2) is 0 Å². The Kier molecular flexibility index (Phi) is 4.70. The van der Waals surface area contributed by atoms with Gasteiger partial charge in [-0.2, -0.15) is 0 Å². The predicted molar refractivity (Wildman–Crippen MR) is 91.2 cm³/mol. The van der Waals surface area contributed by atoms with Crippen molar-refractivity contribution in [2.24, 2.45) is 0 Å². The molecule has 3 heteroatoms. The molecule has 0 aromatic heterocycles. The third-order valence-electron chi connectivity index (χ3n) is 4.03. The average molecular weight is 326 g/mol. The Morgan fingerprint density at radius 3 is 2.21 bits per heavy atom. The van der Waals surface area contributed by atoms with Crippen molar-refractivity contribution in [3.63, 3.8) is 0 Å². The van der Waals surface area contributed by atoms with Crippen LogP contribution in [0, 0.1) is 17.5 Å². The summed E-state index contributed by atoms with van der Waals surface area (Å²) in [7, 11) is 0. The minimum Gasteiger partial charge on any atom is -0.204 e. The van der Waals surface area contributed by atoms with E-state index in [4.69, 9.17) is 0 Å². The van der Waals surface area contributed by atoms with Crippen molar-refractivity contribution in [1.29, 1.82) is 0 Å². The first-order valence-electron chi connectivity index (χ1n) is 7.94. The van der Waals surface area contributed by atoms with E-state index in [1.54, 1.807) is 12.1 Å². The second-order valence-electron chi connectivity index (χ2n) is 5.72. The molecule has 3 rings (SSSR count). The fourth-order valence-corrected chi connectivity index (χ4v) is 2.89. The SMILES string of the molecule is CCCc1cccc(-c2ccccc2-c2ccc(F)c(F)c2F)c1. The average Bonchev–Trinajstić information content (AvgIpc) is 2.61. The van der Waals surface area contributed by atoms with Crippen molar-refractivity contribution >= 4 is 0 Å². The molecule has 3 aromatic carbocycles. The van der Waals surface area contributed by atoms with Crippen molar-refractivity contribution in [3.8, 4) is 22.3 Å². The summed E-state index contributed by atoms with van der Waals surface area (Å²) in [5.41, 5.74) is 3.52. The van der Waals surface area contributed by atoms with E-state index in [2.05, 4.69) is 13.0 Å². The van der Waals surface area contributed by atoms with Gasteiger partial charge in [0.1, 0.15) is 0 Å². The van der Waals surface area contributed by atoms with Gasteiger partial charge in [-0.05, 0) is 40.8 Å². The smallest absolute Gasteiger partial charge is 0.195 e. The summed E-state index contributed by atoms with van der Waals surface area (Å²) in [5, 5.41) is 0. The first-order chi connectivity index (χ1) is 11.6. The van der Waals surface area contributed by atoms with Crippen LogP contribution in [0.25, 0.3) is 22.3 Å². The van der Waals surface area contributed by atoms with Crippen LogP contribution in [-0.2, 0) is 6.42 Å². The van der Waals surface area contributed by atoms with E-state index in [0.717, 1.165) is 30.0 Å². The fraction of sp³-hybridized carbons (Fsp3) is 0.143. The summed E-state index contributed by atoms with van der Waals surface area (Å²) in [4.78, 5) is 0. The van der Waals surface area contributed by atoms with Crippen molar-refractivity contribution in [3.05, 3.63) is 83.7 Å². The Morgan fingerprint density at radius 1 is 0.708 bits per heavy atom. The fourth-order valence-electron chi connectivity index (χ4n) is 2.89. The van der Waals surface area contributed by atoms with Gasteiger partial charge < -0.3 is 0 Å². The summed E-state index contributed by atoms with van der Waals surface area (Å²) >= 11 is 0. The largest absolute Gasteiger partial charge is 0.204 e. The Labute approximate surface area is 139 Å². The molecule has 122 valence electrons. The molecule has 0 amide bonds. The normalized spacial score (nSPS) is 10.8. The topological polar surface area (TPSA) is 0 Å². The van der Waals surface area contributed by atoms with Crippen molar-refractivity contribution in [1.82, 2.24) is 0 Å². The number of hydrogen-bond acceptors (Lipinski definition) is 0. The van der Waals surface area contributed by atoms with Crippen LogP contribution in [0.3, 0.4) is 0 Å². The zero-order valence-electron chi connectivity index (χ0n) is 13.3. The Bertz CT molecular complexity index is 869. The lowest BCUT2D eigenvalue weighted by Crippen LogP contribution is -1.95. The Balaban J connectivity index is 2.16. The third kappa shape index (κ3) is 3.07. The van der Waals surface area contributed by atoms with Crippen LogP contribution in [0.1, 0.15) is 18.9 Å². The van der Waals surface area contributed by atoms with E-state index in [1.165, 1.54) is 11.6 Å². The molecule has 0 saturated carbocycles. The molecule has 0 fully saturated rings. The number of aryl methyl sites for hydroxylation is 1. The number of benzene rings is 3. The number of rotatable bonds is 4. The first-order valence-corrected chi connectivity index (χ1v) is 7.94. The van der Waals surface area contributed by atoms with Gasteiger partial charge in [0.15, 0.2) is 17.5 Å². The summed E-state index contributed by atoms with van der Waals surface area (Å²) in [6.07, 6.45) is 1.98. The molecule has 0 radical (unpaired) electrons. The molecule has 0 nitrogen and oxygen atoms in total. The molecule has 0 aliphatic rings. The minimum absolute atomic E-state index is 0.0606. The van der Waals surface area contributed by atoms with Gasteiger partial charge in [0.25, 0.3) is 0 Å². The molecular weight excluding hydrogens is 309 g/mol. The quantitative estimate of drug-likeness (QED) is 0.487. The van der Waals surface area contributed by atoms with E-state index in [0.29, 0.717) is 5.56 Å². The molecule has 0 N–H and O–H groups in total. The molecule has 0 aliphatic heterocycles. The van der Waals surface area contributed by atoms with E-state index in [9.17, 15) is 13.2 Å². The molecule has 24 heavy (non-hydrogen) atoms. The Hall–Kier alpha value is -2.55. The third-order valence-corrected chi connectivity index (χ3v) is 4.03. The summed E-state index contributed by atoms with van der Waals surface area (Å²) in [6, 6.07) is 17.4. The van der Waals surface area contributed by atoms with Crippen LogP contribution >= 0.6 is 0 Å². The molecule has 0 bridgehead atoms. The van der Waals surface area contributed by atoms with E-state index < -0.39 is 17.5 Å². The monoisotopic (exact) mass is 326 g/mol. The van der Waals surface area contributed by atoms with E-state index in [1.807, 2.05) is 30.3 Å². The van der Waals surface area contributed by atoms with Gasteiger partial charge >= 0.3 is 0 Å². The van der Waals surface area contributed by atoms with Gasteiger partial charge in [0, 0.05) is 5.56 Å².